The zero-order chi connectivity index (χ0) is 16.4. The van der Waals surface area contributed by atoms with Crippen molar-refractivity contribution < 1.29 is 13.7 Å². The molecule has 0 radical (unpaired) electrons. The fourth-order valence-corrected chi connectivity index (χ4v) is 2.87. The second kappa shape index (κ2) is 6.52. The summed E-state index contributed by atoms with van der Waals surface area (Å²) >= 11 is 0. The van der Waals surface area contributed by atoms with Crippen molar-refractivity contribution >= 4 is 5.91 Å². The predicted octanol–water partition coefficient (Wildman–Crippen LogP) is 3.25. The zero-order valence-electron chi connectivity index (χ0n) is 13.8. The Morgan fingerprint density at radius 2 is 2.17 bits per heavy atom. The quantitative estimate of drug-likeness (QED) is 0.863. The molecule has 1 saturated heterocycles. The summed E-state index contributed by atoms with van der Waals surface area (Å²) in [4.78, 5) is 23.2. The van der Waals surface area contributed by atoms with Crippen LogP contribution >= 0.6 is 0 Å². The molecule has 2 aromatic heterocycles. The average molecular weight is 318 g/mol. The lowest BCUT2D eigenvalue weighted by atomic mass is 10.1. The van der Waals surface area contributed by atoms with Crippen molar-refractivity contribution in [1.82, 2.24) is 20.0 Å². The summed E-state index contributed by atoms with van der Waals surface area (Å²) in [5, 5.41) is 4.11. The van der Waals surface area contributed by atoms with Crippen LogP contribution in [0.3, 0.4) is 0 Å². The van der Waals surface area contributed by atoms with Crippen molar-refractivity contribution in [1.29, 1.82) is 0 Å². The SMILES string of the molecule is Cc1ncoc1C(=O)N1CCCCCC1c1noc(C(C)C)n1. The van der Waals surface area contributed by atoms with Gasteiger partial charge in [-0.1, -0.05) is 31.8 Å². The molecular weight excluding hydrogens is 296 g/mol. The van der Waals surface area contributed by atoms with Crippen molar-refractivity contribution in [2.75, 3.05) is 6.54 Å². The van der Waals surface area contributed by atoms with Gasteiger partial charge in [0.05, 0.1) is 11.7 Å². The number of carbonyl (C=O) groups is 1. The summed E-state index contributed by atoms with van der Waals surface area (Å²) in [7, 11) is 0. The van der Waals surface area contributed by atoms with E-state index >= 15 is 0 Å². The summed E-state index contributed by atoms with van der Waals surface area (Å²) < 4.78 is 10.6. The number of nitrogens with zero attached hydrogens (tertiary/aromatic N) is 4. The Hall–Kier alpha value is -2.18. The molecule has 1 unspecified atom stereocenters. The molecule has 7 heteroatoms. The van der Waals surface area contributed by atoms with Gasteiger partial charge in [-0.25, -0.2) is 4.98 Å². The van der Waals surface area contributed by atoms with Gasteiger partial charge in [-0.15, -0.1) is 0 Å². The number of amides is 1. The molecule has 1 amide bonds. The van der Waals surface area contributed by atoms with Crippen molar-refractivity contribution in [3.63, 3.8) is 0 Å². The van der Waals surface area contributed by atoms with Crippen LogP contribution < -0.4 is 0 Å². The number of aromatic nitrogens is 3. The topological polar surface area (TPSA) is 85.3 Å². The van der Waals surface area contributed by atoms with Crippen LogP contribution in [0.15, 0.2) is 15.3 Å². The molecule has 1 fully saturated rings. The highest BCUT2D eigenvalue weighted by molar-refractivity contribution is 5.92. The van der Waals surface area contributed by atoms with Gasteiger partial charge in [0, 0.05) is 12.5 Å². The number of likely N-dealkylation sites (tertiary alicyclic amines) is 1. The van der Waals surface area contributed by atoms with E-state index in [-0.39, 0.29) is 17.9 Å². The number of carbonyl (C=O) groups excluding carboxylic acids is 1. The fourth-order valence-electron chi connectivity index (χ4n) is 2.87. The standard InChI is InChI=1S/C16H22N4O3/c1-10(2)15-18-14(19-23-15)12-7-5-4-6-8-20(12)16(21)13-11(3)17-9-22-13/h9-10,12H,4-8H2,1-3H3. The van der Waals surface area contributed by atoms with Gasteiger partial charge in [-0.05, 0) is 19.8 Å². The lowest BCUT2D eigenvalue weighted by molar-refractivity contribution is 0.0636. The van der Waals surface area contributed by atoms with Crippen LogP contribution in [0.25, 0.3) is 0 Å². The largest absolute Gasteiger partial charge is 0.438 e. The molecule has 0 aliphatic carbocycles. The van der Waals surface area contributed by atoms with Gasteiger partial charge in [0.15, 0.2) is 12.2 Å². The van der Waals surface area contributed by atoms with Gasteiger partial charge in [0.25, 0.3) is 5.91 Å². The normalized spacial score (nSPS) is 19.1. The summed E-state index contributed by atoms with van der Waals surface area (Å²) in [6, 6.07) is -0.175. The van der Waals surface area contributed by atoms with E-state index in [1.54, 1.807) is 11.8 Å². The van der Waals surface area contributed by atoms with Crippen LogP contribution in [0.1, 0.15) is 79.5 Å². The summed E-state index contributed by atoms with van der Waals surface area (Å²) in [5.41, 5.74) is 0.606. The average Bonchev–Trinajstić information content (AvgIpc) is 3.10. The van der Waals surface area contributed by atoms with E-state index in [1.807, 2.05) is 13.8 Å². The maximum Gasteiger partial charge on any atom is 0.292 e. The third-order valence-electron chi connectivity index (χ3n) is 4.20. The first-order chi connectivity index (χ1) is 11.1. The van der Waals surface area contributed by atoms with Crippen LogP contribution in [0, 0.1) is 6.92 Å². The molecule has 0 aromatic carbocycles. The molecule has 3 rings (SSSR count). The van der Waals surface area contributed by atoms with Gasteiger partial charge in [0.2, 0.25) is 11.7 Å². The molecular formula is C16H22N4O3. The molecule has 1 aliphatic rings. The lowest BCUT2D eigenvalue weighted by Gasteiger charge is -2.27. The van der Waals surface area contributed by atoms with E-state index in [9.17, 15) is 4.79 Å². The maximum absolute atomic E-state index is 12.9. The van der Waals surface area contributed by atoms with E-state index < -0.39 is 0 Å². The third-order valence-corrected chi connectivity index (χ3v) is 4.20. The first kappa shape index (κ1) is 15.7. The first-order valence-corrected chi connectivity index (χ1v) is 8.12. The third kappa shape index (κ3) is 3.13. The van der Waals surface area contributed by atoms with Crippen molar-refractivity contribution in [2.24, 2.45) is 0 Å². The highest BCUT2D eigenvalue weighted by Gasteiger charge is 2.33. The van der Waals surface area contributed by atoms with E-state index in [2.05, 4.69) is 15.1 Å². The minimum atomic E-state index is -0.175. The Morgan fingerprint density at radius 3 is 2.83 bits per heavy atom. The van der Waals surface area contributed by atoms with Gasteiger partial charge in [0.1, 0.15) is 0 Å². The molecule has 7 nitrogen and oxygen atoms in total. The van der Waals surface area contributed by atoms with E-state index in [4.69, 9.17) is 8.94 Å². The maximum atomic E-state index is 12.9. The number of hydrogen-bond acceptors (Lipinski definition) is 6. The summed E-state index contributed by atoms with van der Waals surface area (Å²) in [6.45, 7) is 6.44. The molecule has 23 heavy (non-hydrogen) atoms. The molecule has 0 bridgehead atoms. The monoisotopic (exact) mass is 318 g/mol. The Labute approximate surface area is 135 Å². The van der Waals surface area contributed by atoms with Crippen molar-refractivity contribution in [3.8, 4) is 0 Å². The molecule has 1 aliphatic heterocycles. The van der Waals surface area contributed by atoms with Crippen LogP contribution in [-0.2, 0) is 0 Å². The van der Waals surface area contributed by atoms with Crippen molar-refractivity contribution in [2.45, 2.75) is 58.4 Å². The summed E-state index contributed by atoms with van der Waals surface area (Å²) in [6.07, 6.45) is 5.22. The summed E-state index contributed by atoms with van der Waals surface area (Å²) in [5.74, 6) is 1.50. The molecule has 0 spiro atoms. The predicted molar refractivity (Wildman–Crippen MR) is 81.9 cm³/mol. The second-order valence-electron chi connectivity index (χ2n) is 6.28. The number of rotatable bonds is 3. The number of oxazole rings is 1. The number of hydrogen-bond donors (Lipinski definition) is 0. The molecule has 0 saturated carbocycles. The molecule has 3 heterocycles. The minimum absolute atomic E-state index is 0.150. The van der Waals surface area contributed by atoms with Crippen LogP contribution in [0.5, 0.6) is 0 Å². The Morgan fingerprint density at radius 1 is 1.35 bits per heavy atom. The zero-order valence-corrected chi connectivity index (χ0v) is 13.8. The Balaban J connectivity index is 1.91. The van der Waals surface area contributed by atoms with Gasteiger partial charge < -0.3 is 13.8 Å². The van der Waals surface area contributed by atoms with Gasteiger partial charge in [-0.2, -0.15) is 4.98 Å². The van der Waals surface area contributed by atoms with Gasteiger partial charge >= 0.3 is 0 Å². The second-order valence-corrected chi connectivity index (χ2v) is 6.28. The Bertz CT molecular complexity index is 676. The van der Waals surface area contributed by atoms with Gasteiger partial charge in [-0.3, -0.25) is 4.79 Å². The smallest absolute Gasteiger partial charge is 0.292 e. The highest BCUT2D eigenvalue weighted by Crippen LogP contribution is 2.31. The lowest BCUT2D eigenvalue weighted by Crippen LogP contribution is -2.35. The Kier molecular flexibility index (Phi) is 4.45. The van der Waals surface area contributed by atoms with E-state index in [0.29, 0.717) is 29.7 Å². The van der Waals surface area contributed by atoms with Crippen LogP contribution in [0.4, 0.5) is 0 Å². The van der Waals surface area contributed by atoms with Crippen molar-refractivity contribution in [3.05, 3.63) is 29.6 Å². The van der Waals surface area contributed by atoms with Crippen LogP contribution in [-0.4, -0.2) is 32.5 Å². The molecule has 1 atom stereocenters. The minimum Gasteiger partial charge on any atom is -0.438 e. The highest BCUT2D eigenvalue weighted by atomic mass is 16.5. The molecule has 0 N–H and O–H groups in total. The number of aryl methyl sites for hydroxylation is 1. The molecule has 2 aromatic rings. The van der Waals surface area contributed by atoms with E-state index in [1.165, 1.54) is 6.39 Å². The van der Waals surface area contributed by atoms with E-state index in [0.717, 1.165) is 25.7 Å². The first-order valence-electron chi connectivity index (χ1n) is 8.12. The fraction of sp³-hybridized carbons (Fsp3) is 0.625. The van der Waals surface area contributed by atoms with Crippen LogP contribution in [0.2, 0.25) is 0 Å². The molecule has 124 valence electrons.